The monoisotopic (exact) mass is 411 g/mol. The Hall–Kier alpha value is -2.29. The van der Waals surface area contributed by atoms with Gasteiger partial charge in [-0.2, -0.15) is 0 Å². The number of anilines is 1. The number of nitrogen functional groups attached to an aromatic ring is 1. The Bertz CT molecular complexity index is 948. The minimum atomic E-state index is -0.374. The second-order valence-corrected chi connectivity index (χ2v) is 6.93. The van der Waals surface area contributed by atoms with Gasteiger partial charge in [-0.25, -0.2) is 9.07 Å². The SMILES string of the molecule is Nn1c(SCC(=O)Nc2ccc(F)cc2)nnc1-c1cc(Cl)ccc1Cl. The quantitative estimate of drug-likeness (QED) is 0.491. The molecule has 3 aromatic rings. The number of nitrogens with zero attached hydrogens (tertiary/aromatic N) is 3. The summed E-state index contributed by atoms with van der Waals surface area (Å²) in [4.78, 5) is 12.0. The fraction of sp³-hybridized carbons (Fsp3) is 0.0625. The van der Waals surface area contributed by atoms with Crippen molar-refractivity contribution in [2.75, 3.05) is 16.9 Å². The first-order chi connectivity index (χ1) is 12.4. The summed E-state index contributed by atoms with van der Waals surface area (Å²) in [6, 6.07) is 10.4. The van der Waals surface area contributed by atoms with E-state index in [1.165, 1.54) is 28.9 Å². The van der Waals surface area contributed by atoms with Crippen molar-refractivity contribution in [2.45, 2.75) is 5.16 Å². The standard InChI is InChI=1S/C16H12Cl2FN5OS/c17-9-1-6-13(18)12(7-9)15-22-23-16(24(15)20)26-8-14(25)21-11-4-2-10(19)3-5-11/h1-7H,8,20H2,(H,21,25). The summed E-state index contributed by atoms with van der Waals surface area (Å²) in [6.07, 6.45) is 0. The van der Waals surface area contributed by atoms with Crippen LogP contribution in [0.15, 0.2) is 47.6 Å². The van der Waals surface area contributed by atoms with E-state index in [0.717, 1.165) is 11.8 Å². The highest BCUT2D eigenvalue weighted by Crippen LogP contribution is 2.30. The number of rotatable bonds is 5. The molecule has 0 aliphatic heterocycles. The molecule has 1 aromatic heterocycles. The zero-order valence-electron chi connectivity index (χ0n) is 13.1. The maximum absolute atomic E-state index is 12.9. The number of nitrogens with two attached hydrogens (primary N) is 1. The molecule has 0 atom stereocenters. The van der Waals surface area contributed by atoms with Crippen LogP contribution in [-0.2, 0) is 4.79 Å². The lowest BCUT2D eigenvalue weighted by atomic mass is 10.2. The highest BCUT2D eigenvalue weighted by Gasteiger charge is 2.16. The Kier molecular flexibility index (Phi) is 5.65. The van der Waals surface area contributed by atoms with Crippen molar-refractivity contribution in [3.8, 4) is 11.4 Å². The molecule has 0 unspecified atom stereocenters. The highest BCUT2D eigenvalue weighted by atomic mass is 35.5. The fourth-order valence-electron chi connectivity index (χ4n) is 2.09. The molecular weight excluding hydrogens is 400 g/mol. The molecule has 0 saturated carbocycles. The van der Waals surface area contributed by atoms with Gasteiger partial charge in [-0.1, -0.05) is 35.0 Å². The van der Waals surface area contributed by atoms with Crippen molar-refractivity contribution in [1.29, 1.82) is 0 Å². The van der Waals surface area contributed by atoms with Crippen LogP contribution in [0.1, 0.15) is 0 Å². The average molecular weight is 412 g/mol. The van der Waals surface area contributed by atoms with Crippen LogP contribution >= 0.6 is 35.0 Å². The molecule has 1 heterocycles. The lowest BCUT2D eigenvalue weighted by Crippen LogP contribution is -2.16. The number of nitrogens with one attached hydrogen (secondary N) is 1. The van der Waals surface area contributed by atoms with Crippen LogP contribution in [0.2, 0.25) is 10.0 Å². The summed E-state index contributed by atoms with van der Waals surface area (Å²) in [5.74, 6) is 5.73. The molecule has 0 bridgehead atoms. The van der Waals surface area contributed by atoms with Gasteiger partial charge in [-0.05, 0) is 42.5 Å². The summed E-state index contributed by atoms with van der Waals surface area (Å²) in [5, 5.41) is 11.9. The van der Waals surface area contributed by atoms with Gasteiger partial charge in [-0.15, -0.1) is 10.2 Å². The number of amides is 1. The molecule has 3 rings (SSSR count). The topological polar surface area (TPSA) is 85.8 Å². The summed E-state index contributed by atoms with van der Waals surface area (Å²) >= 11 is 13.2. The highest BCUT2D eigenvalue weighted by molar-refractivity contribution is 7.99. The first-order valence-electron chi connectivity index (χ1n) is 7.28. The van der Waals surface area contributed by atoms with E-state index in [-0.39, 0.29) is 17.5 Å². The number of aromatic nitrogens is 3. The Balaban J connectivity index is 1.67. The number of carbonyl (C=O) groups is 1. The van der Waals surface area contributed by atoms with Gasteiger partial charge < -0.3 is 11.2 Å². The van der Waals surface area contributed by atoms with Crippen molar-refractivity contribution < 1.29 is 9.18 Å². The molecule has 2 aromatic carbocycles. The second kappa shape index (κ2) is 7.94. The van der Waals surface area contributed by atoms with E-state index in [1.807, 2.05) is 0 Å². The van der Waals surface area contributed by atoms with Crippen LogP contribution in [0.3, 0.4) is 0 Å². The third-order valence-electron chi connectivity index (χ3n) is 3.29. The zero-order chi connectivity index (χ0) is 18.7. The molecule has 0 spiro atoms. The summed E-state index contributed by atoms with van der Waals surface area (Å²) in [7, 11) is 0. The van der Waals surface area contributed by atoms with Crippen molar-refractivity contribution in [3.05, 3.63) is 58.3 Å². The van der Waals surface area contributed by atoms with Gasteiger partial charge in [0, 0.05) is 16.3 Å². The van der Waals surface area contributed by atoms with Crippen molar-refractivity contribution in [1.82, 2.24) is 14.9 Å². The molecule has 0 fully saturated rings. The van der Waals surface area contributed by atoms with Gasteiger partial charge in [0.15, 0.2) is 5.82 Å². The molecule has 0 aliphatic carbocycles. The molecule has 0 radical (unpaired) electrons. The Labute approximate surface area is 162 Å². The van der Waals surface area contributed by atoms with E-state index >= 15 is 0 Å². The first-order valence-corrected chi connectivity index (χ1v) is 9.02. The third-order valence-corrected chi connectivity index (χ3v) is 4.80. The van der Waals surface area contributed by atoms with Crippen LogP contribution in [0.25, 0.3) is 11.4 Å². The van der Waals surface area contributed by atoms with E-state index in [4.69, 9.17) is 29.0 Å². The smallest absolute Gasteiger partial charge is 0.234 e. The largest absolute Gasteiger partial charge is 0.335 e. The number of hydrogen-bond acceptors (Lipinski definition) is 5. The minimum Gasteiger partial charge on any atom is -0.335 e. The lowest BCUT2D eigenvalue weighted by Gasteiger charge is -2.06. The normalized spacial score (nSPS) is 10.7. The number of halogens is 3. The fourth-order valence-corrected chi connectivity index (χ4v) is 3.12. The van der Waals surface area contributed by atoms with Crippen molar-refractivity contribution in [2.24, 2.45) is 0 Å². The van der Waals surface area contributed by atoms with Gasteiger partial charge in [0.2, 0.25) is 11.1 Å². The Morgan fingerprint density at radius 3 is 2.65 bits per heavy atom. The van der Waals surface area contributed by atoms with Crippen LogP contribution in [-0.4, -0.2) is 26.5 Å². The first kappa shape index (κ1) is 18.5. The predicted molar refractivity (Wildman–Crippen MR) is 101 cm³/mol. The summed E-state index contributed by atoms with van der Waals surface area (Å²) in [5.41, 5.74) is 1.04. The number of hydrogen-bond donors (Lipinski definition) is 2. The Morgan fingerprint density at radius 2 is 1.92 bits per heavy atom. The molecule has 10 heteroatoms. The molecule has 1 amide bonds. The Morgan fingerprint density at radius 1 is 1.19 bits per heavy atom. The molecule has 26 heavy (non-hydrogen) atoms. The number of thioether (sulfide) groups is 1. The maximum atomic E-state index is 12.9. The van der Waals surface area contributed by atoms with Gasteiger partial charge >= 0.3 is 0 Å². The average Bonchev–Trinajstić information content (AvgIpc) is 2.98. The lowest BCUT2D eigenvalue weighted by molar-refractivity contribution is -0.113. The third kappa shape index (κ3) is 4.27. The van der Waals surface area contributed by atoms with Gasteiger partial charge in [0.25, 0.3) is 0 Å². The van der Waals surface area contributed by atoms with Gasteiger partial charge in [-0.3, -0.25) is 4.79 Å². The van der Waals surface area contributed by atoms with Crippen molar-refractivity contribution >= 4 is 46.6 Å². The van der Waals surface area contributed by atoms with Crippen LogP contribution in [0, 0.1) is 5.82 Å². The van der Waals surface area contributed by atoms with Crippen LogP contribution in [0.5, 0.6) is 0 Å². The van der Waals surface area contributed by atoms with E-state index < -0.39 is 0 Å². The van der Waals surface area contributed by atoms with Gasteiger partial charge in [0.1, 0.15) is 5.82 Å². The van der Waals surface area contributed by atoms with Crippen LogP contribution < -0.4 is 11.2 Å². The van der Waals surface area contributed by atoms with E-state index in [2.05, 4.69) is 15.5 Å². The second-order valence-electron chi connectivity index (χ2n) is 5.14. The van der Waals surface area contributed by atoms with E-state index in [9.17, 15) is 9.18 Å². The molecule has 0 saturated heterocycles. The van der Waals surface area contributed by atoms with Crippen LogP contribution in [0.4, 0.5) is 10.1 Å². The molecule has 3 N–H and O–H groups in total. The molecule has 0 aliphatic rings. The number of carbonyl (C=O) groups excluding carboxylic acids is 1. The minimum absolute atomic E-state index is 0.0516. The predicted octanol–water partition coefficient (Wildman–Crippen LogP) is 3.84. The van der Waals surface area contributed by atoms with Crippen molar-refractivity contribution in [3.63, 3.8) is 0 Å². The summed E-state index contributed by atoms with van der Waals surface area (Å²) in [6.45, 7) is 0. The number of benzene rings is 2. The van der Waals surface area contributed by atoms with E-state index in [0.29, 0.717) is 32.3 Å². The zero-order valence-corrected chi connectivity index (χ0v) is 15.4. The van der Waals surface area contributed by atoms with E-state index in [1.54, 1.807) is 18.2 Å². The molecule has 6 nitrogen and oxygen atoms in total. The molecule has 134 valence electrons. The maximum Gasteiger partial charge on any atom is 0.234 e. The van der Waals surface area contributed by atoms with Gasteiger partial charge in [0.05, 0.1) is 10.8 Å². The summed E-state index contributed by atoms with van der Waals surface area (Å²) < 4.78 is 14.1. The molecular formula is C16H12Cl2FN5OS.